The van der Waals surface area contributed by atoms with Crippen molar-refractivity contribution in [1.29, 1.82) is 5.26 Å². The minimum Gasteiger partial charge on any atom is -0.339 e. The molecule has 0 aromatic heterocycles. The molecular weight excluding hydrogens is 246 g/mol. The molecule has 0 radical (unpaired) electrons. The SMILES string of the molecule is N#CC1CCN(C(=O)c2ccc([N+](=O)[O-])cc2)CC1. The molecule has 6 nitrogen and oxygen atoms in total. The molecule has 0 unspecified atom stereocenters. The largest absolute Gasteiger partial charge is 0.339 e. The molecule has 1 amide bonds. The quantitative estimate of drug-likeness (QED) is 0.600. The van der Waals surface area contributed by atoms with Gasteiger partial charge in [-0.05, 0) is 25.0 Å². The lowest BCUT2D eigenvalue weighted by atomic mass is 9.98. The summed E-state index contributed by atoms with van der Waals surface area (Å²) in [7, 11) is 0. The number of nitriles is 1. The maximum absolute atomic E-state index is 12.1. The number of carbonyl (C=O) groups excluding carboxylic acids is 1. The van der Waals surface area contributed by atoms with Crippen LogP contribution in [0.25, 0.3) is 0 Å². The van der Waals surface area contributed by atoms with Crippen LogP contribution in [0, 0.1) is 27.4 Å². The highest BCUT2D eigenvalue weighted by Gasteiger charge is 2.23. The second-order valence-electron chi connectivity index (χ2n) is 4.50. The third-order valence-electron chi connectivity index (χ3n) is 3.29. The second kappa shape index (κ2) is 5.48. The lowest BCUT2D eigenvalue weighted by Crippen LogP contribution is -2.38. The highest BCUT2D eigenvalue weighted by Crippen LogP contribution is 2.19. The number of rotatable bonds is 2. The van der Waals surface area contributed by atoms with E-state index in [-0.39, 0.29) is 17.5 Å². The molecule has 19 heavy (non-hydrogen) atoms. The zero-order chi connectivity index (χ0) is 13.8. The van der Waals surface area contributed by atoms with Gasteiger partial charge in [-0.2, -0.15) is 5.26 Å². The van der Waals surface area contributed by atoms with E-state index in [4.69, 9.17) is 5.26 Å². The van der Waals surface area contributed by atoms with Crippen LogP contribution < -0.4 is 0 Å². The highest BCUT2D eigenvalue weighted by molar-refractivity contribution is 5.94. The first-order valence-corrected chi connectivity index (χ1v) is 6.05. The Morgan fingerprint density at radius 1 is 1.32 bits per heavy atom. The third kappa shape index (κ3) is 2.88. The van der Waals surface area contributed by atoms with Crippen molar-refractivity contribution in [3.8, 4) is 6.07 Å². The molecule has 2 rings (SSSR count). The van der Waals surface area contributed by atoms with Crippen molar-refractivity contribution in [2.75, 3.05) is 13.1 Å². The normalized spacial score (nSPS) is 15.8. The molecular formula is C13H13N3O3. The van der Waals surface area contributed by atoms with Crippen molar-refractivity contribution in [3.05, 3.63) is 39.9 Å². The van der Waals surface area contributed by atoms with Crippen molar-refractivity contribution in [1.82, 2.24) is 4.90 Å². The van der Waals surface area contributed by atoms with E-state index in [0.717, 1.165) is 0 Å². The average molecular weight is 259 g/mol. The van der Waals surface area contributed by atoms with E-state index in [1.807, 2.05) is 0 Å². The Kier molecular flexibility index (Phi) is 3.76. The molecule has 1 aliphatic rings. The number of likely N-dealkylation sites (tertiary alicyclic amines) is 1. The van der Waals surface area contributed by atoms with Crippen LogP contribution in [0.5, 0.6) is 0 Å². The van der Waals surface area contributed by atoms with Crippen LogP contribution in [-0.4, -0.2) is 28.8 Å². The lowest BCUT2D eigenvalue weighted by molar-refractivity contribution is -0.384. The van der Waals surface area contributed by atoms with Crippen molar-refractivity contribution >= 4 is 11.6 Å². The molecule has 0 atom stereocenters. The van der Waals surface area contributed by atoms with Crippen LogP contribution in [0.4, 0.5) is 5.69 Å². The Morgan fingerprint density at radius 3 is 2.37 bits per heavy atom. The number of nitro benzene ring substituents is 1. The molecule has 1 aromatic carbocycles. The van der Waals surface area contributed by atoms with Gasteiger partial charge in [0.25, 0.3) is 11.6 Å². The summed E-state index contributed by atoms with van der Waals surface area (Å²) in [4.78, 5) is 23.9. The summed E-state index contributed by atoms with van der Waals surface area (Å²) in [5.41, 5.74) is 0.417. The number of benzene rings is 1. The Balaban J connectivity index is 2.04. The van der Waals surface area contributed by atoms with Gasteiger partial charge in [-0.1, -0.05) is 0 Å². The molecule has 98 valence electrons. The van der Waals surface area contributed by atoms with Gasteiger partial charge in [0.1, 0.15) is 0 Å². The van der Waals surface area contributed by atoms with E-state index >= 15 is 0 Å². The van der Waals surface area contributed by atoms with Gasteiger partial charge < -0.3 is 4.90 Å². The summed E-state index contributed by atoms with van der Waals surface area (Å²) < 4.78 is 0. The monoisotopic (exact) mass is 259 g/mol. The van der Waals surface area contributed by atoms with Crippen LogP contribution in [0.2, 0.25) is 0 Å². The molecule has 1 aliphatic heterocycles. The minimum atomic E-state index is -0.493. The molecule has 1 saturated heterocycles. The molecule has 0 bridgehead atoms. The van der Waals surface area contributed by atoms with Gasteiger partial charge in [0.15, 0.2) is 0 Å². The Bertz CT molecular complexity index is 525. The van der Waals surface area contributed by atoms with Gasteiger partial charge >= 0.3 is 0 Å². The average Bonchev–Trinajstić information content (AvgIpc) is 2.46. The fourth-order valence-electron chi connectivity index (χ4n) is 2.12. The number of non-ortho nitro benzene ring substituents is 1. The van der Waals surface area contributed by atoms with Crippen LogP contribution >= 0.6 is 0 Å². The van der Waals surface area contributed by atoms with Crippen molar-refractivity contribution < 1.29 is 9.72 Å². The van der Waals surface area contributed by atoms with Gasteiger partial charge in [-0.15, -0.1) is 0 Å². The summed E-state index contributed by atoms with van der Waals surface area (Å²) in [6.07, 6.45) is 1.38. The van der Waals surface area contributed by atoms with E-state index in [9.17, 15) is 14.9 Å². The van der Waals surface area contributed by atoms with Crippen LogP contribution in [0.1, 0.15) is 23.2 Å². The van der Waals surface area contributed by atoms with Crippen LogP contribution in [0.3, 0.4) is 0 Å². The second-order valence-corrected chi connectivity index (χ2v) is 4.50. The first kappa shape index (κ1) is 13.0. The predicted molar refractivity (Wildman–Crippen MR) is 67.3 cm³/mol. The van der Waals surface area contributed by atoms with E-state index < -0.39 is 4.92 Å². The number of piperidine rings is 1. The maximum Gasteiger partial charge on any atom is 0.269 e. The Morgan fingerprint density at radius 2 is 1.89 bits per heavy atom. The highest BCUT2D eigenvalue weighted by atomic mass is 16.6. The smallest absolute Gasteiger partial charge is 0.269 e. The minimum absolute atomic E-state index is 0.0280. The standard InChI is InChI=1S/C13H13N3O3/c14-9-10-5-7-15(8-6-10)13(17)11-1-3-12(4-2-11)16(18)19/h1-4,10H,5-8H2. The number of hydrogen-bond donors (Lipinski definition) is 0. The van der Waals surface area contributed by atoms with E-state index in [2.05, 4.69) is 6.07 Å². The molecule has 0 saturated carbocycles. The fraction of sp³-hybridized carbons (Fsp3) is 0.385. The molecule has 0 spiro atoms. The zero-order valence-electron chi connectivity index (χ0n) is 10.3. The molecule has 1 heterocycles. The van der Waals surface area contributed by atoms with E-state index in [0.29, 0.717) is 31.5 Å². The van der Waals surface area contributed by atoms with Crippen molar-refractivity contribution in [3.63, 3.8) is 0 Å². The molecule has 6 heteroatoms. The van der Waals surface area contributed by atoms with Gasteiger partial charge in [0.2, 0.25) is 0 Å². The molecule has 1 fully saturated rings. The lowest BCUT2D eigenvalue weighted by Gasteiger charge is -2.29. The Labute approximate surface area is 110 Å². The van der Waals surface area contributed by atoms with Crippen molar-refractivity contribution in [2.24, 2.45) is 5.92 Å². The summed E-state index contributed by atoms with van der Waals surface area (Å²) >= 11 is 0. The number of nitro groups is 1. The fourth-order valence-corrected chi connectivity index (χ4v) is 2.12. The van der Waals surface area contributed by atoms with Gasteiger partial charge in [0, 0.05) is 36.7 Å². The van der Waals surface area contributed by atoms with Crippen LogP contribution in [0.15, 0.2) is 24.3 Å². The summed E-state index contributed by atoms with van der Waals surface area (Å²) in [6, 6.07) is 7.81. The van der Waals surface area contributed by atoms with Crippen LogP contribution in [-0.2, 0) is 0 Å². The summed E-state index contributed by atoms with van der Waals surface area (Å²) in [6.45, 7) is 1.13. The topological polar surface area (TPSA) is 87.2 Å². The zero-order valence-corrected chi connectivity index (χ0v) is 10.3. The Hall–Kier alpha value is -2.42. The maximum atomic E-state index is 12.1. The number of amides is 1. The van der Waals surface area contributed by atoms with E-state index in [1.54, 1.807) is 4.90 Å². The van der Waals surface area contributed by atoms with E-state index in [1.165, 1.54) is 24.3 Å². The molecule has 0 N–H and O–H groups in total. The molecule has 1 aromatic rings. The summed E-state index contributed by atoms with van der Waals surface area (Å²) in [5.74, 6) is -0.104. The number of nitrogens with zero attached hydrogens (tertiary/aromatic N) is 3. The first-order chi connectivity index (χ1) is 9.11. The summed E-state index contributed by atoms with van der Waals surface area (Å²) in [5, 5.41) is 19.3. The first-order valence-electron chi connectivity index (χ1n) is 6.05. The molecule has 0 aliphatic carbocycles. The number of hydrogen-bond acceptors (Lipinski definition) is 4. The van der Waals surface area contributed by atoms with Gasteiger partial charge in [-0.3, -0.25) is 14.9 Å². The number of carbonyl (C=O) groups is 1. The predicted octanol–water partition coefficient (Wildman–Crippen LogP) is 1.97. The third-order valence-corrected chi connectivity index (χ3v) is 3.29. The van der Waals surface area contributed by atoms with Crippen molar-refractivity contribution in [2.45, 2.75) is 12.8 Å². The van der Waals surface area contributed by atoms with Gasteiger partial charge in [0.05, 0.1) is 11.0 Å². The van der Waals surface area contributed by atoms with Gasteiger partial charge in [-0.25, -0.2) is 0 Å².